The number of benzene rings is 2. The summed E-state index contributed by atoms with van der Waals surface area (Å²) >= 11 is 1.49. The quantitative estimate of drug-likeness (QED) is 0.717. The van der Waals surface area contributed by atoms with Crippen molar-refractivity contribution >= 4 is 46.7 Å². The minimum atomic E-state index is -0.725. The SMILES string of the molecule is COc1ccc(NC(=O)C2CSCN2C(=O)C2=NC(C)C(=O)N(c3ccccc3)N2)cc1. The maximum absolute atomic E-state index is 13.3. The van der Waals surface area contributed by atoms with E-state index in [1.165, 1.54) is 21.7 Å². The normalized spacial score (nSPS) is 20.4. The molecule has 2 aliphatic heterocycles. The summed E-state index contributed by atoms with van der Waals surface area (Å²) in [6, 6.07) is 14.6. The zero-order valence-electron chi connectivity index (χ0n) is 17.6. The number of aliphatic imine (C=N–C) groups is 1. The van der Waals surface area contributed by atoms with Crippen molar-refractivity contribution in [3.8, 4) is 5.75 Å². The fourth-order valence-electron chi connectivity index (χ4n) is 3.39. The first-order valence-corrected chi connectivity index (χ1v) is 11.2. The summed E-state index contributed by atoms with van der Waals surface area (Å²) in [6.45, 7) is 1.64. The molecule has 2 aromatic rings. The number of amides is 3. The van der Waals surface area contributed by atoms with Crippen LogP contribution in [0.5, 0.6) is 5.75 Å². The number of nitrogens with one attached hydrogen (secondary N) is 2. The van der Waals surface area contributed by atoms with Crippen LogP contribution in [0.2, 0.25) is 0 Å². The summed E-state index contributed by atoms with van der Waals surface area (Å²) in [5.74, 6) is 0.567. The van der Waals surface area contributed by atoms with E-state index in [4.69, 9.17) is 4.74 Å². The standard InChI is InChI=1S/C22H23N5O4S/c1-14-21(29)27(16-6-4-3-5-7-16)25-19(23-14)22(30)26-13-32-12-18(26)20(28)24-15-8-10-17(31-2)11-9-15/h3-11,14,18H,12-13H2,1-2H3,(H,23,25)(H,24,28). The van der Waals surface area contributed by atoms with Gasteiger partial charge in [0.1, 0.15) is 17.8 Å². The van der Waals surface area contributed by atoms with Crippen molar-refractivity contribution in [2.24, 2.45) is 4.99 Å². The fourth-order valence-corrected chi connectivity index (χ4v) is 4.55. The molecule has 0 saturated carbocycles. The predicted octanol–water partition coefficient (Wildman–Crippen LogP) is 1.87. The fraction of sp³-hybridized carbons (Fsp3) is 0.273. The molecule has 0 aromatic heterocycles. The Hall–Kier alpha value is -3.53. The number of nitrogens with zero attached hydrogens (tertiary/aromatic N) is 3. The maximum Gasteiger partial charge on any atom is 0.292 e. The van der Waals surface area contributed by atoms with Crippen molar-refractivity contribution in [3.05, 3.63) is 54.6 Å². The van der Waals surface area contributed by atoms with Crippen LogP contribution < -0.4 is 20.5 Å². The number of anilines is 2. The Morgan fingerprint density at radius 1 is 1.16 bits per heavy atom. The van der Waals surface area contributed by atoms with E-state index in [0.717, 1.165) is 0 Å². The molecule has 3 amide bonds. The average Bonchev–Trinajstić information content (AvgIpc) is 3.31. The number of rotatable bonds is 5. The molecule has 32 heavy (non-hydrogen) atoms. The molecule has 2 atom stereocenters. The largest absolute Gasteiger partial charge is 0.497 e. The third kappa shape index (κ3) is 4.40. The lowest BCUT2D eigenvalue weighted by Crippen LogP contribution is -2.59. The van der Waals surface area contributed by atoms with E-state index in [-0.39, 0.29) is 17.6 Å². The smallest absolute Gasteiger partial charge is 0.292 e. The van der Waals surface area contributed by atoms with Crippen LogP contribution >= 0.6 is 11.8 Å². The highest BCUT2D eigenvalue weighted by molar-refractivity contribution is 7.99. The van der Waals surface area contributed by atoms with Gasteiger partial charge in [0, 0.05) is 11.4 Å². The van der Waals surface area contributed by atoms with Crippen LogP contribution in [0.4, 0.5) is 11.4 Å². The van der Waals surface area contributed by atoms with Crippen LogP contribution in [0.3, 0.4) is 0 Å². The Bertz CT molecular complexity index is 1040. The number of amidine groups is 1. The Balaban J connectivity index is 1.49. The third-order valence-corrected chi connectivity index (χ3v) is 6.15. The number of ether oxygens (including phenoxy) is 1. The second-order valence-electron chi connectivity index (χ2n) is 7.28. The van der Waals surface area contributed by atoms with E-state index in [2.05, 4.69) is 15.7 Å². The van der Waals surface area contributed by atoms with Gasteiger partial charge in [-0.2, -0.15) is 0 Å². The molecule has 1 fully saturated rings. The van der Waals surface area contributed by atoms with Crippen molar-refractivity contribution < 1.29 is 19.1 Å². The zero-order chi connectivity index (χ0) is 22.7. The summed E-state index contributed by atoms with van der Waals surface area (Å²) in [5.41, 5.74) is 4.06. The highest BCUT2D eigenvalue weighted by Crippen LogP contribution is 2.24. The molecule has 2 unspecified atom stereocenters. The molecule has 2 aliphatic rings. The number of thioether (sulfide) groups is 1. The number of hydrazine groups is 1. The number of para-hydroxylation sites is 1. The van der Waals surface area contributed by atoms with Crippen molar-refractivity contribution in [3.63, 3.8) is 0 Å². The Labute approximate surface area is 189 Å². The molecule has 9 nitrogen and oxygen atoms in total. The lowest BCUT2D eigenvalue weighted by Gasteiger charge is -2.32. The van der Waals surface area contributed by atoms with E-state index in [1.807, 2.05) is 6.07 Å². The summed E-state index contributed by atoms with van der Waals surface area (Å²) < 4.78 is 5.13. The first-order valence-electron chi connectivity index (χ1n) is 10.0. The molecule has 1 saturated heterocycles. The lowest BCUT2D eigenvalue weighted by molar-refractivity contribution is -0.131. The Morgan fingerprint density at radius 3 is 2.56 bits per heavy atom. The second kappa shape index (κ2) is 9.31. The molecule has 10 heteroatoms. The molecule has 0 radical (unpaired) electrons. The van der Waals surface area contributed by atoms with Crippen molar-refractivity contribution in [2.45, 2.75) is 19.0 Å². The van der Waals surface area contributed by atoms with Crippen molar-refractivity contribution in [1.82, 2.24) is 10.3 Å². The predicted molar refractivity (Wildman–Crippen MR) is 124 cm³/mol. The Kier molecular flexibility index (Phi) is 6.31. The average molecular weight is 454 g/mol. The van der Waals surface area contributed by atoms with Gasteiger partial charge in [0.2, 0.25) is 11.7 Å². The topological polar surface area (TPSA) is 103 Å². The summed E-state index contributed by atoms with van der Waals surface area (Å²) in [7, 11) is 1.57. The minimum Gasteiger partial charge on any atom is -0.497 e. The zero-order valence-corrected chi connectivity index (χ0v) is 18.5. The van der Waals surface area contributed by atoms with Gasteiger partial charge in [-0.1, -0.05) is 18.2 Å². The molecule has 4 rings (SSSR count). The maximum atomic E-state index is 13.3. The third-order valence-electron chi connectivity index (χ3n) is 5.14. The van der Waals surface area contributed by atoms with Crippen LogP contribution in [0.25, 0.3) is 0 Å². The monoisotopic (exact) mass is 453 g/mol. The number of carbonyl (C=O) groups excluding carboxylic acids is 3. The van der Waals surface area contributed by atoms with Gasteiger partial charge in [0.05, 0.1) is 18.7 Å². The van der Waals surface area contributed by atoms with Crippen LogP contribution in [0.15, 0.2) is 59.6 Å². The van der Waals surface area contributed by atoms with Gasteiger partial charge in [0.25, 0.3) is 11.8 Å². The molecule has 0 bridgehead atoms. The number of hydrogen-bond acceptors (Lipinski definition) is 7. The lowest BCUT2D eigenvalue weighted by atomic mass is 10.2. The highest BCUT2D eigenvalue weighted by atomic mass is 32.2. The highest BCUT2D eigenvalue weighted by Gasteiger charge is 2.39. The first-order chi connectivity index (χ1) is 15.5. The van der Waals surface area contributed by atoms with E-state index in [9.17, 15) is 14.4 Å². The molecule has 2 aromatic carbocycles. The van der Waals surface area contributed by atoms with Gasteiger partial charge >= 0.3 is 0 Å². The van der Waals surface area contributed by atoms with Crippen LogP contribution in [-0.4, -0.2) is 59.3 Å². The molecule has 166 valence electrons. The van der Waals surface area contributed by atoms with Crippen molar-refractivity contribution in [2.75, 3.05) is 29.1 Å². The molecule has 2 N–H and O–H groups in total. The number of methoxy groups -OCH3 is 1. The molecular weight excluding hydrogens is 430 g/mol. The van der Waals surface area contributed by atoms with Gasteiger partial charge in [0.15, 0.2) is 0 Å². The first kappa shape index (κ1) is 21.7. The summed E-state index contributed by atoms with van der Waals surface area (Å²) in [5, 5.41) is 4.17. The van der Waals surface area contributed by atoms with E-state index in [0.29, 0.717) is 28.8 Å². The van der Waals surface area contributed by atoms with Crippen molar-refractivity contribution in [1.29, 1.82) is 0 Å². The second-order valence-corrected chi connectivity index (χ2v) is 8.28. The van der Waals surface area contributed by atoms with Gasteiger partial charge in [-0.3, -0.25) is 19.8 Å². The Morgan fingerprint density at radius 2 is 1.88 bits per heavy atom. The molecule has 2 heterocycles. The van der Waals surface area contributed by atoms with Gasteiger partial charge in [-0.25, -0.2) is 10.0 Å². The van der Waals surface area contributed by atoms with Crippen LogP contribution in [-0.2, 0) is 14.4 Å². The molecular formula is C22H23N5O4S. The van der Waals surface area contributed by atoms with E-state index >= 15 is 0 Å². The van der Waals surface area contributed by atoms with E-state index in [1.54, 1.807) is 62.6 Å². The summed E-state index contributed by atoms with van der Waals surface area (Å²) in [6.07, 6.45) is 0. The minimum absolute atomic E-state index is 0.0331. The van der Waals surface area contributed by atoms with Crippen LogP contribution in [0.1, 0.15) is 6.92 Å². The molecule has 0 aliphatic carbocycles. The van der Waals surface area contributed by atoms with Crippen LogP contribution in [0, 0.1) is 0 Å². The number of hydrogen-bond donors (Lipinski definition) is 2. The van der Waals surface area contributed by atoms with E-state index < -0.39 is 18.0 Å². The van der Waals surface area contributed by atoms with Gasteiger partial charge < -0.3 is 15.0 Å². The van der Waals surface area contributed by atoms with Gasteiger partial charge in [-0.15, -0.1) is 11.8 Å². The van der Waals surface area contributed by atoms with Gasteiger partial charge in [-0.05, 0) is 43.3 Å². The summed E-state index contributed by atoms with van der Waals surface area (Å²) in [4.78, 5) is 44.5. The molecule has 0 spiro atoms. The number of carbonyl (C=O) groups is 3.